The van der Waals surface area contributed by atoms with Crippen molar-refractivity contribution in [3.05, 3.63) is 70.0 Å². The molecule has 3 aliphatic carbocycles. The van der Waals surface area contributed by atoms with E-state index in [1.807, 2.05) is 19.9 Å². The number of benzene rings is 2. The van der Waals surface area contributed by atoms with E-state index in [0.717, 1.165) is 68.5 Å². The van der Waals surface area contributed by atoms with Gasteiger partial charge in [0.15, 0.2) is 0 Å². The van der Waals surface area contributed by atoms with Crippen LogP contribution in [0.4, 0.5) is 0 Å². The van der Waals surface area contributed by atoms with E-state index in [2.05, 4.69) is 58.3 Å². The third kappa shape index (κ3) is 5.80. The van der Waals surface area contributed by atoms with Gasteiger partial charge < -0.3 is 14.6 Å². The molecule has 1 N–H and O–H groups in total. The molecule has 0 unspecified atom stereocenters. The number of allylic oxidation sites excluding steroid dienone is 1. The summed E-state index contributed by atoms with van der Waals surface area (Å²) in [6, 6.07) is 14.3. The molecule has 5 nitrogen and oxygen atoms in total. The van der Waals surface area contributed by atoms with E-state index >= 15 is 0 Å². The average molecular weight is 555 g/mol. The first-order chi connectivity index (χ1) is 18.2. The van der Waals surface area contributed by atoms with E-state index < -0.39 is 5.60 Å². The van der Waals surface area contributed by atoms with E-state index in [-0.39, 0.29) is 17.8 Å². The molecule has 1 heterocycles. The fourth-order valence-electron chi connectivity index (χ4n) is 6.09. The maximum absolute atomic E-state index is 12.9. The number of aromatic nitrogens is 2. The van der Waals surface area contributed by atoms with Gasteiger partial charge in [-0.1, -0.05) is 73.5 Å². The first kappa shape index (κ1) is 27.2. The highest BCUT2D eigenvalue weighted by Gasteiger charge is 2.50. The van der Waals surface area contributed by atoms with Gasteiger partial charge in [0.1, 0.15) is 11.4 Å². The van der Waals surface area contributed by atoms with Crippen molar-refractivity contribution in [2.24, 2.45) is 17.8 Å². The summed E-state index contributed by atoms with van der Waals surface area (Å²) < 4.78 is 6.39. The van der Waals surface area contributed by atoms with Gasteiger partial charge in [0, 0.05) is 25.3 Å². The third-order valence-corrected chi connectivity index (χ3v) is 8.96. The highest BCUT2D eigenvalue weighted by molar-refractivity contribution is 6.42. The van der Waals surface area contributed by atoms with Crippen LogP contribution in [0, 0.1) is 17.8 Å². The van der Waals surface area contributed by atoms with Crippen molar-refractivity contribution in [3.63, 3.8) is 0 Å². The normalized spacial score (nSPS) is 22.9. The van der Waals surface area contributed by atoms with Gasteiger partial charge in [0.2, 0.25) is 0 Å². The molecule has 6 rings (SSSR count). The minimum atomic E-state index is -0.423. The highest BCUT2D eigenvalue weighted by atomic mass is 35.5. The van der Waals surface area contributed by atoms with Crippen LogP contribution in [0.3, 0.4) is 0 Å². The fraction of sp³-hybridized carbons (Fsp3) is 0.484. The number of aryl methyl sites for hydroxylation is 1. The number of fused-ring (bicyclic) bond motifs is 3. The van der Waals surface area contributed by atoms with Crippen molar-refractivity contribution in [2.45, 2.75) is 58.0 Å². The van der Waals surface area contributed by atoms with Crippen LogP contribution < -0.4 is 0 Å². The predicted octanol–water partition coefficient (Wildman–Crippen LogP) is 7.58. The van der Waals surface area contributed by atoms with Crippen LogP contribution in [0.5, 0.6) is 0 Å². The Bertz CT molecular complexity index is 1280. The summed E-state index contributed by atoms with van der Waals surface area (Å²) >= 11 is 12.3. The lowest BCUT2D eigenvalue weighted by molar-refractivity contribution is -0.176. The Hall–Kier alpha value is -2.34. The second-order valence-corrected chi connectivity index (χ2v) is 12.2. The minimum absolute atomic E-state index is 0.0834. The molecule has 1 fully saturated rings. The van der Waals surface area contributed by atoms with E-state index in [4.69, 9.17) is 27.9 Å². The number of carbonyl (C=O) groups is 1. The van der Waals surface area contributed by atoms with Gasteiger partial charge in [0.05, 0.1) is 27.0 Å². The molecule has 202 valence electrons. The molecule has 0 spiro atoms. The predicted molar refractivity (Wildman–Crippen MR) is 155 cm³/mol. The molecule has 3 aromatic rings. The zero-order chi connectivity index (χ0) is 26.9. The summed E-state index contributed by atoms with van der Waals surface area (Å²) in [7, 11) is 2.16. The lowest BCUT2D eigenvalue weighted by Crippen LogP contribution is -2.51. The largest absolute Gasteiger partial charge is 0.458 e. The number of esters is 1. The Kier molecular flexibility index (Phi) is 8.18. The lowest BCUT2D eigenvalue weighted by Gasteiger charge is -2.50. The number of halogens is 2. The molecule has 0 amide bonds. The molecule has 3 atom stereocenters. The first-order valence-corrected chi connectivity index (χ1v) is 14.5. The van der Waals surface area contributed by atoms with Gasteiger partial charge in [-0.2, -0.15) is 0 Å². The molecule has 0 radical (unpaired) electrons. The number of hydrogen-bond donors (Lipinski definition) is 1. The SMILES string of the molecule is CC(C)C(=O)O[C@@]1(CCN(C)CCCc2nc3cc(Cl)c(Cl)cc3[nH]2)C[C@H]2CC[C@@H]1C=C2c1ccccc1. The molecule has 38 heavy (non-hydrogen) atoms. The van der Waals surface area contributed by atoms with E-state index in [0.29, 0.717) is 16.0 Å². The Morgan fingerprint density at radius 2 is 1.92 bits per heavy atom. The number of carbonyl (C=O) groups excluding carboxylic acids is 1. The Balaban J connectivity index is 1.23. The van der Waals surface area contributed by atoms with Crippen LogP contribution in [0.1, 0.15) is 57.3 Å². The smallest absolute Gasteiger partial charge is 0.308 e. The van der Waals surface area contributed by atoms with Gasteiger partial charge in [-0.05, 0) is 68.5 Å². The second-order valence-electron chi connectivity index (χ2n) is 11.3. The first-order valence-electron chi connectivity index (χ1n) is 13.8. The van der Waals surface area contributed by atoms with Crippen molar-refractivity contribution in [3.8, 4) is 0 Å². The standard InChI is InChI=1S/C31H37Cl2N3O2/c1-20(2)30(37)38-31(19-22-11-12-23(31)16-24(22)21-8-5-4-6-9-21)13-15-36(3)14-7-10-29-34-27-17-25(32)26(33)18-28(27)35-29/h4-6,8-9,16-18,20,22-23H,7,10-15,19H2,1-3H3,(H,34,35)/t22-,23-,31+/m1/s1. The summed E-state index contributed by atoms with van der Waals surface area (Å²) in [5.74, 6) is 1.42. The van der Waals surface area contributed by atoms with Crippen LogP contribution in [-0.2, 0) is 16.0 Å². The number of ether oxygens (including phenoxy) is 1. The highest BCUT2D eigenvalue weighted by Crippen LogP contribution is 2.53. The average Bonchev–Trinajstić information content (AvgIpc) is 3.29. The Labute approximate surface area is 235 Å². The van der Waals surface area contributed by atoms with Crippen molar-refractivity contribution >= 4 is 45.8 Å². The Morgan fingerprint density at radius 1 is 1.16 bits per heavy atom. The summed E-state index contributed by atoms with van der Waals surface area (Å²) in [5.41, 5.74) is 4.06. The number of nitrogens with one attached hydrogen (secondary N) is 1. The summed E-state index contributed by atoms with van der Waals surface area (Å²) in [6.07, 6.45) is 8.24. The number of H-pyrrole nitrogens is 1. The topological polar surface area (TPSA) is 58.2 Å². The molecule has 2 aromatic carbocycles. The van der Waals surface area contributed by atoms with E-state index in [1.54, 1.807) is 6.07 Å². The number of nitrogens with zero attached hydrogens (tertiary/aromatic N) is 2. The number of hydrogen-bond acceptors (Lipinski definition) is 4. The van der Waals surface area contributed by atoms with Crippen molar-refractivity contribution in [1.29, 1.82) is 0 Å². The van der Waals surface area contributed by atoms with Crippen molar-refractivity contribution < 1.29 is 9.53 Å². The monoisotopic (exact) mass is 553 g/mol. The minimum Gasteiger partial charge on any atom is -0.458 e. The molecule has 1 aromatic heterocycles. The van der Waals surface area contributed by atoms with Crippen LogP contribution >= 0.6 is 23.2 Å². The van der Waals surface area contributed by atoms with Gasteiger partial charge >= 0.3 is 5.97 Å². The van der Waals surface area contributed by atoms with Gasteiger partial charge in [-0.15, -0.1) is 0 Å². The molecule has 7 heteroatoms. The quantitative estimate of drug-likeness (QED) is 0.263. The van der Waals surface area contributed by atoms with Gasteiger partial charge in [-0.3, -0.25) is 4.79 Å². The lowest BCUT2D eigenvalue weighted by atomic mass is 9.60. The van der Waals surface area contributed by atoms with E-state index in [1.165, 1.54) is 11.1 Å². The van der Waals surface area contributed by atoms with Crippen LogP contribution in [0.15, 0.2) is 48.5 Å². The molecule has 1 saturated carbocycles. The summed E-state index contributed by atoms with van der Waals surface area (Å²) in [5, 5.41) is 1.05. The zero-order valence-corrected chi connectivity index (χ0v) is 24.0. The van der Waals surface area contributed by atoms with Gasteiger partial charge in [0.25, 0.3) is 0 Å². The molecule has 0 aliphatic heterocycles. The Morgan fingerprint density at radius 3 is 2.63 bits per heavy atom. The maximum atomic E-state index is 12.9. The third-order valence-electron chi connectivity index (χ3n) is 8.24. The molecule has 3 aliphatic rings. The number of imidazole rings is 1. The fourth-order valence-corrected chi connectivity index (χ4v) is 6.41. The molecular weight excluding hydrogens is 517 g/mol. The van der Waals surface area contributed by atoms with E-state index in [9.17, 15) is 4.79 Å². The number of rotatable bonds is 10. The van der Waals surface area contributed by atoms with Crippen LogP contribution in [0.2, 0.25) is 10.0 Å². The summed E-state index contributed by atoms with van der Waals surface area (Å²) in [4.78, 5) is 23.2. The molecule has 0 saturated heterocycles. The van der Waals surface area contributed by atoms with Crippen LogP contribution in [-0.4, -0.2) is 46.6 Å². The van der Waals surface area contributed by atoms with Crippen LogP contribution in [0.25, 0.3) is 16.6 Å². The van der Waals surface area contributed by atoms with Crippen molar-refractivity contribution in [2.75, 3.05) is 20.1 Å². The van der Waals surface area contributed by atoms with Gasteiger partial charge in [-0.25, -0.2) is 4.98 Å². The maximum Gasteiger partial charge on any atom is 0.308 e. The van der Waals surface area contributed by atoms with Crippen molar-refractivity contribution in [1.82, 2.24) is 14.9 Å². The number of aromatic amines is 1. The zero-order valence-electron chi connectivity index (χ0n) is 22.5. The molecule has 2 bridgehead atoms. The molecular formula is C31H37Cl2N3O2. The summed E-state index contributed by atoms with van der Waals surface area (Å²) in [6.45, 7) is 5.67. The second kappa shape index (κ2) is 11.4.